The number of hydrogen-bond acceptors (Lipinski definition) is 7. The van der Waals surface area contributed by atoms with Crippen LogP contribution in [-0.4, -0.2) is 37.1 Å². The van der Waals surface area contributed by atoms with E-state index in [9.17, 15) is 35.1 Å². The third kappa shape index (κ3) is 3.38. The molecule has 0 bridgehead atoms. The minimum Gasteiger partial charge on any atom is -0.508 e. The number of carbonyl (C=O) groups is 2. The number of benzene rings is 3. The monoisotopic (exact) mass is 380 g/mol. The summed E-state index contributed by atoms with van der Waals surface area (Å²) in [5.74, 6) is -4.11. The summed E-state index contributed by atoms with van der Waals surface area (Å²) in [6.07, 6.45) is -1.58. The predicted molar refractivity (Wildman–Crippen MR) is 98.7 cm³/mol. The highest BCUT2D eigenvalue weighted by Gasteiger charge is 2.28. The van der Waals surface area contributed by atoms with Crippen LogP contribution in [0.4, 0.5) is 0 Å². The molecule has 0 amide bonds. The van der Waals surface area contributed by atoms with Gasteiger partial charge in [-0.15, -0.1) is 0 Å². The van der Waals surface area contributed by atoms with Gasteiger partial charge >= 0.3 is 0 Å². The molecular formula is C21H16O7. The quantitative estimate of drug-likeness (QED) is 0.429. The Morgan fingerprint density at radius 3 is 2.04 bits per heavy atom. The van der Waals surface area contributed by atoms with Crippen LogP contribution in [0.2, 0.25) is 0 Å². The van der Waals surface area contributed by atoms with Gasteiger partial charge in [-0.3, -0.25) is 9.59 Å². The SMILES string of the molecule is O=C(c1ccc(O)cc1O)c1c(O)ccc(C(=O)C(O)c2ccccc2)c1O. The van der Waals surface area contributed by atoms with Crippen LogP contribution in [0.5, 0.6) is 23.0 Å². The van der Waals surface area contributed by atoms with E-state index in [1.54, 1.807) is 18.2 Å². The van der Waals surface area contributed by atoms with Gasteiger partial charge in [0, 0.05) is 6.07 Å². The van der Waals surface area contributed by atoms with Crippen molar-refractivity contribution in [2.75, 3.05) is 0 Å². The van der Waals surface area contributed by atoms with Crippen LogP contribution >= 0.6 is 0 Å². The van der Waals surface area contributed by atoms with Gasteiger partial charge in [0.05, 0.1) is 11.1 Å². The minimum atomic E-state index is -1.58. The molecule has 0 heterocycles. The average molecular weight is 380 g/mol. The van der Waals surface area contributed by atoms with Gasteiger partial charge in [0.1, 0.15) is 34.7 Å². The number of phenols is 4. The lowest BCUT2D eigenvalue weighted by molar-refractivity contribution is 0.0744. The van der Waals surface area contributed by atoms with Gasteiger partial charge in [-0.1, -0.05) is 30.3 Å². The molecule has 7 heteroatoms. The van der Waals surface area contributed by atoms with Crippen LogP contribution in [0.25, 0.3) is 0 Å². The van der Waals surface area contributed by atoms with Crippen LogP contribution in [0.3, 0.4) is 0 Å². The first-order valence-electron chi connectivity index (χ1n) is 8.20. The summed E-state index contributed by atoms with van der Waals surface area (Å²) >= 11 is 0. The van der Waals surface area contributed by atoms with Crippen molar-refractivity contribution in [2.45, 2.75) is 6.10 Å². The molecule has 3 aromatic carbocycles. The van der Waals surface area contributed by atoms with Crippen LogP contribution < -0.4 is 0 Å². The second kappa shape index (κ2) is 7.42. The molecule has 0 saturated carbocycles. The van der Waals surface area contributed by atoms with Crippen molar-refractivity contribution in [2.24, 2.45) is 0 Å². The molecule has 3 rings (SSSR count). The number of hydrogen-bond donors (Lipinski definition) is 5. The Morgan fingerprint density at radius 2 is 1.39 bits per heavy atom. The van der Waals surface area contributed by atoms with Crippen molar-refractivity contribution in [1.82, 2.24) is 0 Å². The molecule has 0 radical (unpaired) electrons. The lowest BCUT2D eigenvalue weighted by Crippen LogP contribution is -2.14. The number of phenolic OH excluding ortho intramolecular Hbond substituents is 4. The van der Waals surface area contributed by atoms with Crippen molar-refractivity contribution >= 4 is 11.6 Å². The van der Waals surface area contributed by atoms with Crippen LogP contribution in [0, 0.1) is 0 Å². The first-order valence-corrected chi connectivity index (χ1v) is 8.20. The Hall–Kier alpha value is -3.84. The highest BCUT2D eigenvalue weighted by Crippen LogP contribution is 2.36. The van der Waals surface area contributed by atoms with Gasteiger partial charge in [0.2, 0.25) is 5.78 Å². The van der Waals surface area contributed by atoms with Gasteiger partial charge in [0.15, 0.2) is 5.78 Å². The zero-order valence-electron chi connectivity index (χ0n) is 14.4. The number of Topliss-reactive ketones (excluding diaryl/α,β-unsaturated/α-hetero) is 1. The molecule has 0 spiro atoms. The number of rotatable bonds is 5. The van der Waals surface area contributed by atoms with Gasteiger partial charge in [0.25, 0.3) is 0 Å². The predicted octanol–water partition coefficient (Wildman–Crippen LogP) is 2.66. The first kappa shape index (κ1) is 18.9. The summed E-state index contributed by atoms with van der Waals surface area (Å²) in [7, 11) is 0. The topological polar surface area (TPSA) is 135 Å². The maximum atomic E-state index is 12.7. The molecule has 0 saturated heterocycles. The molecule has 1 unspecified atom stereocenters. The summed E-state index contributed by atoms with van der Waals surface area (Å²) in [6, 6.07) is 13.3. The maximum absolute atomic E-state index is 12.7. The fraction of sp³-hybridized carbons (Fsp3) is 0.0476. The van der Waals surface area contributed by atoms with E-state index >= 15 is 0 Å². The first-order chi connectivity index (χ1) is 13.3. The molecular weight excluding hydrogens is 364 g/mol. The van der Waals surface area contributed by atoms with Crippen molar-refractivity contribution in [3.63, 3.8) is 0 Å². The second-order valence-corrected chi connectivity index (χ2v) is 6.06. The maximum Gasteiger partial charge on any atom is 0.204 e. The Balaban J connectivity index is 2.05. The summed E-state index contributed by atoms with van der Waals surface area (Å²) in [6.45, 7) is 0. The van der Waals surface area contributed by atoms with Gasteiger partial charge in [-0.2, -0.15) is 0 Å². The highest BCUT2D eigenvalue weighted by molar-refractivity contribution is 6.16. The number of ketones is 2. The Labute approximate surface area is 159 Å². The Bertz CT molecular complexity index is 1060. The largest absolute Gasteiger partial charge is 0.508 e. The van der Waals surface area contributed by atoms with E-state index < -0.39 is 40.5 Å². The third-order valence-corrected chi connectivity index (χ3v) is 4.24. The highest BCUT2D eigenvalue weighted by atomic mass is 16.3. The lowest BCUT2D eigenvalue weighted by atomic mass is 9.93. The van der Waals surface area contributed by atoms with Crippen LogP contribution in [0.1, 0.15) is 37.9 Å². The number of carbonyl (C=O) groups excluding carboxylic acids is 2. The van der Waals surface area contributed by atoms with Crippen LogP contribution in [0.15, 0.2) is 60.7 Å². The number of aliphatic hydroxyl groups excluding tert-OH is 1. The molecule has 0 fully saturated rings. The molecule has 1 atom stereocenters. The molecule has 142 valence electrons. The van der Waals surface area contributed by atoms with E-state index in [1.165, 1.54) is 12.1 Å². The zero-order chi connectivity index (χ0) is 20.4. The fourth-order valence-electron chi connectivity index (χ4n) is 2.78. The van der Waals surface area contributed by atoms with E-state index in [-0.39, 0.29) is 16.9 Å². The molecule has 0 aromatic heterocycles. The van der Waals surface area contributed by atoms with Crippen molar-refractivity contribution in [3.05, 3.63) is 82.9 Å². The average Bonchev–Trinajstić information content (AvgIpc) is 2.67. The third-order valence-electron chi connectivity index (χ3n) is 4.24. The molecule has 5 N–H and O–H groups in total. The van der Waals surface area contributed by atoms with Crippen molar-refractivity contribution < 1.29 is 35.1 Å². The number of aromatic hydroxyl groups is 4. The van der Waals surface area contributed by atoms with E-state index in [2.05, 4.69) is 0 Å². The van der Waals surface area contributed by atoms with E-state index in [4.69, 9.17) is 0 Å². The van der Waals surface area contributed by atoms with Gasteiger partial charge in [-0.05, 0) is 29.8 Å². The molecule has 0 aliphatic heterocycles. The molecule has 0 aliphatic carbocycles. The molecule has 3 aromatic rings. The molecule has 7 nitrogen and oxygen atoms in total. The summed E-state index contributed by atoms with van der Waals surface area (Å²) in [5.41, 5.74) is -0.969. The van der Waals surface area contributed by atoms with Crippen molar-refractivity contribution in [3.8, 4) is 23.0 Å². The normalized spacial score (nSPS) is 11.8. The van der Waals surface area contributed by atoms with E-state index in [0.717, 1.165) is 30.3 Å². The van der Waals surface area contributed by atoms with Gasteiger partial charge < -0.3 is 25.5 Å². The minimum absolute atomic E-state index is 0.280. The number of aliphatic hydroxyl groups is 1. The summed E-state index contributed by atoms with van der Waals surface area (Å²) in [4.78, 5) is 25.3. The van der Waals surface area contributed by atoms with E-state index in [1.807, 2.05) is 0 Å². The summed E-state index contributed by atoms with van der Waals surface area (Å²) < 4.78 is 0. The zero-order valence-corrected chi connectivity index (χ0v) is 14.4. The molecule has 0 aliphatic rings. The Morgan fingerprint density at radius 1 is 0.750 bits per heavy atom. The van der Waals surface area contributed by atoms with Crippen LogP contribution in [-0.2, 0) is 0 Å². The van der Waals surface area contributed by atoms with E-state index in [0.29, 0.717) is 5.56 Å². The fourth-order valence-corrected chi connectivity index (χ4v) is 2.78. The summed E-state index contributed by atoms with van der Waals surface area (Å²) in [5, 5.41) is 50.0. The smallest absolute Gasteiger partial charge is 0.204 e. The van der Waals surface area contributed by atoms with Gasteiger partial charge in [-0.25, -0.2) is 0 Å². The van der Waals surface area contributed by atoms with Crippen molar-refractivity contribution in [1.29, 1.82) is 0 Å². The lowest BCUT2D eigenvalue weighted by Gasteiger charge is -2.14. The standard InChI is InChI=1S/C21H16O7/c22-12-6-7-13(16(24)10-12)19(26)17-15(23)9-8-14(20(17)27)21(28)18(25)11-4-2-1-3-5-11/h1-10,18,22-25,27H. The molecule has 28 heavy (non-hydrogen) atoms. The second-order valence-electron chi connectivity index (χ2n) is 6.06. The Kier molecular flexibility index (Phi) is 5.02.